The number of amides is 1. The van der Waals surface area contributed by atoms with Crippen LogP contribution in [0.2, 0.25) is 0 Å². The monoisotopic (exact) mass is 417 g/mol. The van der Waals surface area contributed by atoms with E-state index >= 15 is 0 Å². The Kier molecular flexibility index (Phi) is 6.61. The number of nitrogens with one attached hydrogen (secondary N) is 1. The average molecular weight is 418 g/mol. The molecule has 1 atom stereocenters. The SMILES string of the molecule is CC(NC(=O)c1cnc(OCc2ccncc2)c(Br)c1)C1CCCCC1. The zero-order valence-electron chi connectivity index (χ0n) is 15.0. The van der Waals surface area contributed by atoms with Gasteiger partial charge >= 0.3 is 0 Å². The first-order chi connectivity index (χ1) is 12.6. The number of carbonyl (C=O) groups is 1. The van der Waals surface area contributed by atoms with Crippen LogP contribution in [-0.4, -0.2) is 21.9 Å². The molecule has 3 rings (SSSR count). The largest absolute Gasteiger partial charge is 0.472 e. The van der Waals surface area contributed by atoms with Gasteiger partial charge in [-0.05, 0) is 65.4 Å². The quantitative estimate of drug-likeness (QED) is 0.750. The van der Waals surface area contributed by atoms with Crippen molar-refractivity contribution < 1.29 is 9.53 Å². The van der Waals surface area contributed by atoms with Crippen LogP contribution in [0.5, 0.6) is 5.88 Å². The fourth-order valence-electron chi connectivity index (χ4n) is 3.33. The topological polar surface area (TPSA) is 64.1 Å². The molecule has 0 aliphatic heterocycles. The van der Waals surface area contributed by atoms with E-state index in [1.807, 2.05) is 12.1 Å². The molecule has 1 N–H and O–H groups in total. The van der Waals surface area contributed by atoms with Crippen molar-refractivity contribution in [2.75, 3.05) is 0 Å². The third-order valence-corrected chi connectivity index (χ3v) is 5.48. The minimum atomic E-state index is -0.0862. The highest BCUT2D eigenvalue weighted by Crippen LogP contribution is 2.27. The molecule has 2 aromatic heterocycles. The Hall–Kier alpha value is -1.95. The number of aromatic nitrogens is 2. The zero-order valence-corrected chi connectivity index (χ0v) is 16.5. The molecule has 0 aromatic carbocycles. The molecule has 0 saturated heterocycles. The van der Waals surface area contributed by atoms with Gasteiger partial charge in [0.1, 0.15) is 6.61 Å². The van der Waals surface area contributed by atoms with Crippen molar-refractivity contribution in [3.8, 4) is 5.88 Å². The highest BCUT2D eigenvalue weighted by atomic mass is 79.9. The van der Waals surface area contributed by atoms with Crippen molar-refractivity contribution >= 4 is 21.8 Å². The van der Waals surface area contributed by atoms with Crippen LogP contribution in [0, 0.1) is 5.92 Å². The van der Waals surface area contributed by atoms with Crippen molar-refractivity contribution in [1.29, 1.82) is 0 Å². The molecule has 0 spiro atoms. The van der Waals surface area contributed by atoms with E-state index in [0.717, 1.165) is 5.56 Å². The summed E-state index contributed by atoms with van der Waals surface area (Å²) < 4.78 is 6.39. The van der Waals surface area contributed by atoms with Crippen LogP contribution in [-0.2, 0) is 6.61 Å². The number of halogens is 1. The maximum absolute atomic E-state index is 12.5. The minimum Gasteiger partial charge on any atom is -0.472 e. The molecule has 5 nitrogen and oxygen atoms in total. The normalized spacial score (nSPS) is 16.1. The molecule has 1 unspecified atom stereocenters. The van der Waals surface area contributed by atoms with Gasteiger partial charge in [-0.3, -0.25) is 9.78 Å². The molecular formula is C20H24BrN3O2. The highest BCUT2D eigenvalue weighted by molar-refractivity contribution is 9.10. The highest BCUT2D eigenvalue weighted by Gasteiger charge is 2.22. The lowest BCUT2D eigenvalue weighted by atomic mass is 9.84. The number of pyridine rings is 2. The molecule has 1 aliphatic carbocycles. The van der Waals surface area contributed by atoms with Gasteiger partial charge < -0.3 is 10.1 Å². The van der Waals surface area contributed by atoms with E-state index in [0.29, 0.717) is 28.4 Å². The van der Waals surface area contributed by atoms with E-state index < -0.39 is 0 Å². The lowest BCUT2D eigenvalue weighted by Crippen LogP contribution is -2.38. The van der Waals surface area contributed by atoms with Gasteiger partial charge in [-0.25, -0.2) is 4.98 Å². The standard InChI is InChI=1S/C20H24BrN3O2/c1-14(16-5-3-2-4-6-16)24-19(25)17-11-18(21)20(23-12-17)26-13-15-7-9-22-10-8-15/h7-12,14,16H,2-6,13H2,1H3,(H,24,25). The number of carbonyl (C=O) groups excluding carboxylic acids is 1. The van der Waals surface area contributed by atoms with Crippen LogP contribution >= 0.6 is 15.9 Å². The molecule has 26 heavy (non-hydrogen) atoms. The van der Waals surface area contributed by atoms with Crippen molar-refractivity contribution in [2.45, 2.75) is 51.7 Å². The number of hydrogen-bond donors (Lipinski definition) is 1. The minimum absolute atomic E-state index is 0.0862. The number of nitrogens with zero attached hydrogens (tertiary/aromatic N) is 2. The predicted molar refractivity (Wildman–Crippen MR) is 104 cm³/mol. The maximum Gasteiger partial charge on any atom is 0.253 e. The molecule has 1 saturated carbocycles. The van der Waals surface area contributed by atoms with Gasteiger partial charge in [-0.1, -0.05) is 19.3 Å². The fourth-order valence-corrected chi connectivity index (χ4v) is 3.79. The van der Waals surface area contributed by atoms with E-state index in [1.54, 1.807) is 24.7 Å². The second-order valence-electron chi connectivity index (χ2n) is 6.82. The van der Waals surface area contributed by atoms with Gasteiger partial charge in [0, 0.05) is 24.6 Å². The molecule has 0 bridgehead atoms. The van der Waals surface area contributed by atoms with Crippen LogP contribution in [0.15, 0.2) is 41.3 Å². The van der Waals surface area contributed by atoms with Gasteiger partial charge in [0.05, 0.1) is 10.0 Å². The Morgan fingerprint density at radius 3 is 2.73 bits per heavy atom. The van der Waals surface area contributed by atoms with Crippen molar-refractivity contribution in [3.05, 3.63) is 52.4 Å². The third kappa shape index (κ3) is 5.04. The molecule has 2 aromatic rings. The van der Waals surface area contributed by atoms with E-state index in [2.05, 4.69) is 38.1 Å². The van der Waals surface area contributed by atoms with E-state index in [4.69, 9.17) is 4.74 Å². The third-order valence-electron chi connectivity index (χ3n) is 4.91. The van der Waals surface area contributed by atoms with Gasteiger partial charge in [0.15, 0.2) is 0 Å². The van der Waals surface area contributed by atoms with Crippen molar-refractivity contribution in [2.24, 2.45) is 5.92 Å². The first-order valence-electron chi connectivity index (χ1n) is 9.11. The zero-order chi connectivity index (χ0) is 18.4. The number of ether oxygens (including phenoxy) is 1. The summed E-state index contributed by atoms with van der Waals surface area (Å²) in [5.74, 6) is 0.961. The summed E-state index contributed by atoms with van der Waals surface area (Å²) in [7, 11) is 0. The van der Waals surface area contributed by atoms with Crippen molar-refractivity contribution in [3.63, 3.8) is 0 Å². The number of hydrogen-bond acceptors (Lipinski definition) is 4. The van der Waals surface area contributed by atoms with Gasteiger partial charge in [-0.2, -0.15) is 0 Å². The average Bonchev–Trinajstić information content (AvgIpc) is 2.68. The molecule has 6 heteroatoms. The van der Waals surface area contributed by atoms with Crippen LogP contribution in [0.3, 0.4) is 0 Å². The molecular weight excluding hydrogens is 394 g/mol. The molecule has 0 radical (unpaired) electrons. The summed E-state index contributed by atoms with van der Waals surface area (Å²) >= 11 is 3.45. The van der Waals surface area contributed by atoms with E-state index in [-0.39, 0.29) is 11.9 Å². The lowest BCUT2D eigenvalue weighted by molar-refractivity contribution is 0.0918. The van der Waals surface area contributed by atoms with Crippen molar-refractivity contribution in [1.82, 2.24) is 15.3 Å². The van der Waals surface area contributed by atoms with E-state index in [1.165, 1.54) is 32.1 Å². The molecule has 1 aliphatic rings. The van der Waals surface area contributed by atoms with Gasteiger partial charge in [0.2, 0.25) is 5.88 Å². The first-order valence-corrected chi connectivity index (χ1v) is 9.91. The Morgan fingerprint density at radius 1 is 1.31 bits per heavy atom. The summed E-state index contributed by atoms with van der Waals surface area (Å²) in [5, 5.41) is 3.12. The second kappa shape index (κ2) is 9.12. The second-order valence-corrected chi connectivity index (χ2v) is 7.67. The maximum atomic E-state index is 12.5. The van der Waals surface area contributed by atoms with Gasteiger partial charge in [-0.15, -0.1) is 0 Å². The lowest BCUT2D eigenvalue weighted by Gasteiger charge is -2.28. The Bertz CT molecular complexity index is 733. The summed E-state index contributed by atoms with van der Waals surface area (Å²) in [6, 6.07) is 5.73. The molecule has 138 valence electrons. The Morgan fingerprint density at radius 2 is 2.04 bits per heavy atom. The summed E-state index contributed by atoms with van der Waals surface area (Å²) in [6.07, 6.45) is 11.3. The van der Waals surface area contributed by atoms with Gasteiger partial charge in [0.25, 0.3) is 5.91 Å². The fraction of sp³-hybridized carbons (Fsp3) is 0.450. The van der Waals surface area contributed by atoms with Crippen LogP contribution in [0.1, 0.15) is 54.9 Å². The molecule has 1 amide bonds. The smallest absolute Gasteiger partial charge is 0.253 e. The summed E-state index contributed by atoms with van der Waals surface area (Å²) in [6.45, 7) is 2.50. The number of rotatable bonds is 6. The summed E-state index contributed by atoms with van der Waals surface area (Å²) in [4.78, 5) is 20.8. The Labute approximate surface area is 162 Å². The van der Waals surface area contributed by atoms with Crippen LogP contribution in [0.4, 0.5) is 0 Å². The Balaban J connectivity index is 1.58. The summed E-state index contributed by atoms with van der Waals surface area (Å²) in [5.41, 5.74) is 1.55. The van der Waals surface area contributed by atoms with Crippen LogP contribution in [0.25, 0.3) is 0 Å². The molecule has 1 fully saturated rings. The van der Waals surface area contributed by atoms with Crippen LogP contribution < -0.4 is 10.1 Å². The van der Waals surface area contributed by atoms with E-state index in [9.17, 15) is 4.79 Å². The molecule has 2 heterocycles. The first kappa shape index (κ1) is 18.8. The predicted octanol–water partition coefficient (Wildman–Crippen LogP) is 4.52.